The molecule has 5 heteroatoms. The van der Waals surface area contributed by atoms with Crippen LogP contribution in [0.4, 0.5) is 0 Å². The van der Waals surface area contributed by atoms with Crippen LogP contribution < -0.4 is 14.2 Å². The van der Waals surface area contributed by atoms with Crippen LogP contribution in [-0.2, 0) is 11.3 Å². The SMILES string of the molecule is CCCCOc1c(C)c(COc2cccc(OCC3CCOCC3)c2)nc2ccccc12. The van der Waals surface area contributed by atoms with Gasteiger partial charge in [0.15, 0.2) is 0 Å². The van der Waals surface area contributed by atoms with Gasteiger partial charge in [-0.25, -0.2) is 4.98 Å². The molecule has 3 aromatic rings. The predicted octanol–water partition coefficient (Wildman–Crippen LogP) is 6.11. The van der Waals surface area contributed by atoms with Crippen LogP contribution in [0.5, 0.6) is 17.2 Å². The lowest BCUT2D eigenvalue weighted by Crippen LogP contribution is -2.21. The topological polar surface area (TPSA) is 49.8 Å². The van der Waals surface area contributed by atoms with E-state index in [1.165, 1.54) is 0 Å². The van der Waals surface area contributed by atoms with Gasteiger partial charge in [-0.2, -0.15) is 0 Å². The highest BCUT2D eigenvalue weighted by Gasteiger charge is 2.15. The lowest BCUT2D eigenvalue weighted by atomic mass is 10.0. The Morgan fingerprint density at radius 1 is 0.969 bits per heavy atom. The molecule has 0 radical (unpaired) electrons. The summed E-state index contributed by atoms with van der Waals surface area (Å²) >= 11 is 0. The van der Waals surface area contributed by atoms with Gasteiger partial charge in [-0.05, 0) is 56.4 Å². The van der Waals surface area contributed by atoms with Crippen LogP contribution in [-0.4, -0.2) is 31.4 Å². The lowest BCUT2D eigenvalue weighted by molar-refractivity contribution is 0.0497. The van der Waals surface area contributed by atoms with E-state index in [9.17, 15) is 0 Å². The van der Waals surface area contributed by atoms with Crippen molar-refractivity contribution >= 4 is 10.9 Å². The Balaban J connectivity index is 1.45. The van der Waals surface area contributed by atoms with Crippen LogP contribution in [0.15, 0.2) is 48.5 Å². The summed E-state index contributed by atoms with van der Waals surface area (Å²) in [5.74, 6) is 3.08. The maximum atomic E-state index is 6.17. The number of unbranched alkanes of at least 4 members (excludes halogenated alkanes) is 1. The van der Waals surface area contributed by atoms with Gasteiger partial charge in [0, 0.05) is 30.2 Å². The molecular formula is C27H33NO4. The second-order valence-corrected chi connectivity index (χ2v) is 8.36. The molecule has 0 saturated carbocycles. The fourth-order valence-electron chi connectivity index (χ4n) is 3.90. The quantitative estimate of drug-likeness (QED) is 0.360. The molecule has 0 spiro atoms. The molecule has 170 valence electrons. The summed E-state index contributed by atoms with van der Waals surface area (Å²) in [6.45, 7) is 7.70. The van der Waals surface area contributed by atoms with Gasteiger partial charge in [-0.15, -0.1) is 0 Å². The number of fused-ring (bicyclic) bond motifs is 1. The normalized spacial score (nSPS) is 14.4. The molecule has 1 fully saturated rings. The third-order valence-corrected chi connectivity index (χ3v) is 5.93. The van der Waals surface area contributed by atoms with E-state index in [0.29, 0.717) is 19.1 Å². The number of hydrogen-bond acceptors (Lipinski definition) is 5. The van der Waals surface area contributed by atoms with Gasteiger partial charge in [0.25, 0.3) is 0 Å². The maximum Gasteiger partial charge on any atom is 0.133 e. The second-order valence-electron chi connectivity index (χ2n) is 8.36. The number of aromatic nitrogens is 1. The Kier molecular flexibility index (Phi) is 7.83. The molecule has 1 aliphatic heterocycles. The number of pyridine rings is 1. The highest BCUT2D eigenvalue weighted by molar-refractivity contribution is 5.86. The molecule has 2 heterocycles. The van der Waals surface area contributed by atoms with Crippen molar-refractivity contribution in [2.24, 2.45) is 5.92 Å². The standard InChI is InChI=1S/C27H33NO4/c1-3-4-14-30-27-20(2)26(28-25-11-6-5-10-24(25)27)19-32-23-9-7-8-22(17-23)31-18-21-12-15-29-16-13-21/h5-11,17,21H,3-4,12-16,18-19H2,1-2H3. The Morgan fingerprint density at radius 2 is 1.75 bits per heavy atom. The van der Waals surface area contributed by atoms with E-state index in [2.05, 4.69) is 19.9 Å². The van der Waals surface area contributed by atoms with Crippen molar-refractivity contribution in [2.75, 3.05) is 26.4 Å². The van der Waals surface area contributed by atoms with Gasteiger partial charge in [0.2, 0.25) is 0 Å². The van der Waals surface area contributed by atoms with Crippen molar-refractivity contribution in [1.82, 2.24) is 4.98 Å². The zero-order chi connectivity index (χ0) is 22.2. The summed E-state index contributed by atoms with van der Waals surface area (Å²) in [6, 6.07) is 16.0. The van der Waals surface area contributed by atoms with E-state index in [1.54, 1.807) is 0 Å². The first-order chi connectivity index (χ1) is 15.7. The second kappa shape index (κ2) is 11.2. The van der Waals surface area contributed by atoms with Gasteiger partial charge in [-0.1, -0.05) is 31.5 Å². The summed E-state index contributed by atoms with van der Waals surface area (Å²) in [7, 11) is 0. The van der Waals surface area contributed by atoms with E-state index in [1.807, 2.05) is 42.5 Å². The van der Waals surface area contributed by atoms with Crippen molar-refractivity contribution in [2.45, 2.75) is 46.1 Å². The molecule has 32 heavy (non-hydrogen) atoms. The smallest absolute Gasteiger partial charge is 0.133 e. The van der Waals surface area contributed by atoms with E-state index in [4.69, 9.17) is 23.9 Å². The molecule has 0 aliphatic carbocycles. The fraction of sp³-hybridized carbons (Fsp3) is 0.444. The number of rotatable bonds is 10. The van der Waals surface area contributed by atoms with Crippen molar-refractivity contribution < 1.29 is 18.9 Å². The third kappa shape index (κ3) is 5.71. The van der Waals surface area contributed by atoms with Crippen LogP contribution in [0, 0.1) is 12.8 Å². The van der Waals surface area contributed by atoms with Gasteiger partial charge >= 0.3 is 0 Å². The molecule has 0 unspecified atom stereocenters. The molecule has 1 aliphatic rings. The summed E-state index contributed by atoms with van der Waals surface area (Å²) in [5, 5.41) is 1.05. The molecule has 0 amide bonds. The molecule has 4 rings (SSSR count). The van der Waals surface area contributed by atoms with Gasteiger partial charge in [-0.3, -0.25) is 0 Å². The summed E-state index contributed by atoms with van der Waals surface area (Å²) in [6.07, 6.45) is 4.26. The lowest BCUT2D eigenvalue weighted by Gasteiger charge is -2.22. The average molecular weight is 436 g/mol. The minimum Gasteiger partial charge on any atom is -0.493 e. The van der Waals surface area contributed by atoms with Gasteiger partial charge in [0.1, 0.15) is 23.9 Å². The van der Waals surface area contributed by atoms with Crippen molar-refractivity contribution in [3.63, 3.8) is 0 Å². The van der Waals surface area contributed by atoms with Crippen LogP contribution in [0.1, 0.15) is 43.9 Å². The van der Waals surface area contributed by atoms with E-state index >= 15 is 0 Å². The largest absolute Gasteiger partial charge is 0.493 e. The monoisotopic (exact) mass is 435 g/mol. The molecule has 2 aromatic carbocycles. The van der Waals surface area contributed by atoms with Crippen LogP contribution in [0.25, 0.3) is 10.9 Å². The van der Waals surface area contributed by atoms with Crippen molar-refractivity contribution in [1.29, 1.82) is 0 Å². The molecule has 0 N–H and O–H groups in total. The van der Waals surface area contributed by atoms with Crippen molar-refractivity contribution in [3.8, 4) is 17.2 Å². The summed E-state index contributed by atoms with van der Waals surface area (Å²) in [4.78, 5) is 4.85. The zero-order valence-electron chi connectivity index (χ0n) is 19.1. The minimum atomic E-state index is 0.379. The Hall–Kier alpha value is -2.79. The molecule has 1 aromatic heterocycles. The molecule has 0 atom stereocenters. The van der Waals surface area contributed by atoms with E-state index in [-0.39, 0.29) is 0 Å². The number of para-hydroxylation sites is 1. The summed E-state index contributed by atoms with van der Waals surface area (Å²) < 4.78 is 23.7. The first-order valence-electron chi connectivity index (χ1n) is 11.7. The Bertz CT molecular complexity index is 1010. The Labute approximate surface area is 190 Å². The average Bonchev–Trinajstić information content (AvgIpc) is 2.84. The molecule has 5 nitrogen and oxygen atoms in total. The first-order valence-corrected chi connectivity index (χ1v) is 11.7. The number of benzene rings is 2. The molecule has 1 saturated heterocycles. The predicted molar refractivity (Wildman–Crippen MR) is 127 cm³/mol. The highest BCUT2D eigenvalue weighted by Crippen LogP contribution is 2.31. The number of ether oxygens (including phenoxy) is 4. The highest BCUT2D eigenvalue weighted by atomic mass is 16.5. The molecule has 0 bridgehead atoms. The van der Waals surface area contributed by atoms with Gasteiger partial charge < -0.3 is 18.9 Å². The minimum absolute atomic E-state index is 0.379. The molecular weight excluding hydrogens is 402 g/mol. The van der Waals surface area contributed by atoms with E-state index < -0.39 is 0 Å². The van der Waals surface area contributed by atoms with Crippen LogP contribution >= 0.6 is 0 Å². The number of hydrogen-bond donors (Lipinski definition) is 0. The van der Waals surface area contributed by atoms with Gasteiger partial charge in [0.05, 0.1) is 24.4 Å². The Morgan fingerprint density at radius 3 is 2.56 bits per heavy atom. The van der Waals surface area contributed by atoms with Crippen molar-refractivity contribution in [3.05, 3.63) is 59.8 Å². The summed E-state index contributed by atoms with van der Waals surface area (Å²) in [5.41, 5.74) is 2.85. The van der Waals surface area contributed by atoms with Crippen LogP contribution in [0.3, 0.4) is 0 Å². The maximum absolute atomic E-state index is 6.17. The fourth-order valence-corrected chi connectivity index (χ4v) is 3.90. The number of nitrogens with zero attached hydrogens (tertiary/aromatic N) is 1. The zero-order valence-corrected chi connectivity index (χ0v) is 19.1. The third-order valence-electron chi connectivity index (χ3n) is 5.93. The first kappa shape index (κ1) is 22.4. The van der Waals surface area contributed by atoms with Crippen LogP contribution in [0.2, 0.25) is 0 Å². The van der Waals surface area contributed by atoms with E-state index in [0.717, 1.165) is 84.9 Å².